The van der Waals surface area contributed by atoms with E-state index in [2.05, 4.69) is 15.0 Å². The average molecular weight is 480 g/mol. The summed E-state index contributed by atoms with van der Waals surface area (Å²) in [4.78, 5) is 31.2. The summed E-state index contributed by atoms with van der Waals surface area (Å²) < 4.78 is 5.38. The van der Waals surface area contributed by atoms with E-state index in [-0.39, 0.29) is 17.0 Å². The lowest BCUT2D eigenvalue weighted by atomic mass is 10.1. The molecule has 0 unspecified atom stereocenters. The van der Waals surface area contributed by atoms with E-state index < -0.39 is 11.9 Å². The molecule has 0 radical (unpaired) electrons. The summed E-state index contributed by atoms with van der Waals surface area (Å²) >= 11 is 7.36. The summed E-state index contributed by atoms with van der Waals surface area (Å²) in [6.45, 7) is 1.84. The van der Waals surface area contributed by atoms with Gasteiger partial charge in [-0.3, -0.25) is 10.2 Å². The first-order valence-corrected chi connectivity index (χ1v) is 11.5. The molecule has 33 heavy (non-hydrogen) atoms. The van der Waals surface area contributed by atoms with Crippen LogP contribution < -0.4 is 4.74 Å². The molecular weight excluding hydrogens is 462 g/mol. The average Bonchev–Trinajstić information content (AvgIpc) is 3.48. The van der Waals surface area contributed by atoms with Crippen molar-refractivity contribution in [2.75, 3.05) is 13.1 Å². The minimum atomic E-state index is -0.559. The third kappa shape index (κ3) is 4.29. The Morgan fingerprint density at radius 1 is 1.09 bits per heavy atom. The minimum absolute atomic E-state index is 0.0130. The summed E-state index contributed by atoms with van der Waals surface area (Å²) in [6, 6.07) is 13.3. The van der Waals surface area contributed by atoms with Crippen molar-refractivity contribution in [1.29, 1.82) is 5.41 Å². The maximum absolute atomic E-state index is 12.6. The molecular formula is C23H18ClN5O3S. The van der Waals surface area contributed by atoms with Gasteiger partial charge in [0.25, 0.3) is 5.91 Å². The number of benzene rings is 2. The molecule has 2 aromatic carbocycles. The van der Waals surface area contributed by atoms with Gasteiger partial charge < -0.3 is 9.64 Å². The van der Waals surface area contributed by atoms with E-state index in [1.807, 2.05) is 0 Å². The van der Waals surface area contributed by atoms with Gasteiger partial charge in [0, 0.05) is 13.1 Å². The number of likely N-dealkylation sites (tertiary alicyclic amines) is 1. The fourth-order valence-electron chi connectivity index (χ4n) is 3.61. The maximum atomic E-state index is 12.6. The molecule has 2 aromatic rings. The number of hydrogen-bond donors (Lipinski definition) is 1. The van der Waals surface area contributed by atoms with Gasteiger partial charge in [-0.05, 0) is 60.5 Å². The largest absolute Gasteiger partial charge is 0.423 e. The lowest BCUT2D eigenvalue weighted by Gasteiger charge is -2.20. The summed E-state index contributed by atoms with van der Waals surface area (Å²) in [5.74, 6) is -0.717. The topological polar surface area (TPSA) is 98.4 Å². The van der Waals surface area contributed by atoms with Gasteiger partial charge in [0.1, 0.15) is 5.75 Å². The standard InChI is InChI=1S/C23H18ClN5O3S/c24-18-6-2-1-5-16(18)21(31)32-15-9-7-14(8-10-15)13-17-19(25)29-22(26-20(17)30)33-23(27-29)28-11-3-4-12-28/h1-2,5-10,13,25H,3-4,11-12H2/b17-13-,25-19?. The summed E-state index contributed by atoms with van der Waals surface area (Å²) in [6.07, 6.45) is 3.80. The van der Waals surface area contributed by atoms with Crippen LogP contribution in [-0.2, 0) is 4.79 Å². The van der Waals surface area contributed by atoms with Crippen molar-refractivity contribution in [1.82, 2.24) is 9.91 Å². The van der Waals surface area contributed by atoms with Crippen LogP contribution in [0.2, 0.25) is 5.02 Å². The molecule has 0 aliphatic carbocycles. The van der Waals surface area contributed by atoms with Crippen molar-refractivity contribution in [3.63, 3.8) is 0 Å². The van der Waals surface area contributed by atoms with Crippen LogP contribution in [0.25, 0.3) is 6.08 Å². The number of nitrogens with one attached hydrogen (secondary N) is 1. The number of thioether (sulfide) groups is 1. The number of nitrogens with zero attached hydrogens (tertiary/aromatic N) is 4. The Morgan fingerprint density at radius 2 is 1.82 bits per heavy atom. The normalized spacial score (nSPS) is 19.0. The molecule has 8 nitrogen and oxygen atoms in total. The second kappa shape index (κ2) is 8.84. The molecule has 0 bridgehead atoms. The highest BCUT2D eigenvalue weighted by atomic mass is 35.5. The van der Waals surface area contributed by atoms with Crippen LogP contribution in [0.4, 0.5) is 0 Å². The monoisotopic (exact) mass is 479 g/mol. The summed E-state index contributed by atoms with van der Waals surface area (Å²) in [7, 11) is 0. The number of fused-ring (bicyclic) bond motifs is 1. The van der Waals surface area contributed by atoms with Crippen LogP contribution in [-0.4, -0.2) is 51.0 Å². The Kier molecular flexibility index (Phi) is 5.74. The first kappa shape index (κ1) is 21.4. The van der Waals surface area contributed by atoms with E-state index >= 15 is 0 Å². The van der Waals surface area contributed by atoms with E-state index in [0.29, 0.717) is 21.5 Å². The van der Waals surface area contributed by atoms with Gasteiger partial charge in [0.05, 0.1) is 16.2 Å². The van der Waals surface area contributed by atoms with Crippen LogP contribution in [0.3, 0.4) is 0 Å². The molecule has 0 atom stereocenters. The summed E-state index contributed by atoms with van der Waals surface area (Å²) in [5.41, 5.74) is 1.08. The van der Waals surface area contributed by atoms with Crippen molar-refractivity contribution < 1.29 is 14.3 Å². The highest BCUT2D eigenvalue weighted by Gasteiger charge is 2.37. The smallest absolute Gasteiger partial charge is 0.345 e. The van der Waals surface area contributed by atoms with E-state index in [1.165, 1.54) is 16.8 Å². The first-order chi connectivity index (χ1) is 16.0. The van der Waals surface area contributed by atoms with Crippen molar-refractivity contribution in [3.05, 3.63) is 70.3 Å². The number of halogens is 1. The van der Waals surface area contributed by atoms with Gasteiger partial charge in [-0.1, -0.05) is 35.9 Å². The second-order valence-corrected chi connectivity index (χ2v) is 8.88. The number of ether oxygens (including phenoxy) is 1. The Bertz CT molecular complexity index is 1250. The number of rotatable bonds is 3. The van der Waals surface area contributed by atoms with E-state index in [4.69, 9.17) is 21.7 Å². The Hall–Kier alpha value is -3.43. The van der Waals surface area contributed by atoms with Crippen LogP contribution in [0.1, 0.15) is 28.8 Å². The van der Waals surface area contributed by atoms with E-state index in [0.717, 1.165) is 31.1 Å². The minimum Gasteiger partial charge on any atom is -0.423 e. The molecule has 3 heterocycles. The predicted octanol–water partition coefficient (Wildman–Crippen LogP) is 4.23. The van der Waals surface area contributed by atoms with Crippen molar-refractivity contribution >= 4 is 57.5 Å². The SMILES string of the molecule is N=C1/C(=C/c2ccc(OC(=O)c3ccccc3Cl)cc2)C(=O)N=C2SC(N3CCCC3)=NN12. The highest BCUT2D eigenvalue weighted by Crippen LogP contribution is 2.31. The molecule has 166 valence electrons. The molecule has 0 spiro atoms. The first-order valence-electron chi connectivity index (χ1n) is 10.3. The molecule has 1 fully saturated rings. The fraction of sp³-hybridized carbons (Fsp3) is 0.174. The molecule has 3 aliphatic rings. The Morgan fingerprint density at radius 3 is 2.55 bits per heavy atom. The zero-order valence-electron chi connectivity index (χ0n) is 17.3. The number of amides is 1. The zero-order valence-corrected chi connectivity index (χ0v) is 18.9. The number of carbonyl (C=O) groups is 2. The number of esters is 1. The molecule has 0 saturated carbocycles. The van der Waals surface area contributed by atoms with E-state index in [1.54, 1.807) is 54.6 Å². The number of hydrazone groups is 1. The van der Waals surface area contributed by atoms with Gasteiger partial charge in [-0.15, -0.1) is 5.10 Å². The molecule has 5 rings (SSSR count). The maximum Gasteiger partial charge on any atom is 0.345 e. The van der Waals surface area contributed by atoms with Gasteiger partial charge in [0.2, 0.25) is 5.17 Å². The lowest BCUT2D eigenvalue weighted by molar-refractivity contribution is -0.114. The summed E-state index contributed by atoms with van der Waals surface area (Å²) in [5, 5.41) is 15.9. The lowest BCUT2D eigenvalue weighted by Crippen LogP contribution is -2.35. The molecule has 3 aliphatic heterocycles. The van der Waals surface area contributed by atoms with Gasteiger partial charge in [0.15, 0.2) is 11.0 Å². The van der Waals surface area contributed by atoms with Gasteiger partial charge in [-0.2, -0.15) is 10.0 Å². The Labute approximate surface area is 199 Å². The van der Waals surface area contributed by atoms with Gasteiger partial charge in [-0.25, -0.2) is 4.79 Å². The predicted molar refractivity (Wildman–Crippen MR) is 129 cm³/mol. The van der Waals surface area contributed by atoms with Crippen molar-refractivity contribution in [2.24, 2.45) is 10.1 Å². The Balaban J connectivity index is 1.32. The van der Waals surface area contributed by atoms with E-state index in [9.17, 15) is 9.59 Å². The third-order valence-corrected chi connectivity index (χ3v) is 6.61. The van der Waals surface area contributed by atoms with Crippen molar-refractivity contribution in [2.45, 2.75) is 12.8 Å². The number of hydrogen-bond acceptors (Lipinski definition) is 7. The molecule has 1 amide bonds. The van der Waals surface area contributed by atoms with Crippen molar-refractivity contribution in [3.8, 4) is 5.75 Å². The fourth-order valence-corrected chi connectivity index (χ4v) is 4.76. The molecule has 0 aromatic heterocycles. The highest BCUT2D eigenvalue weighted by molar-refractivity contribution is 8.26. The zero-order chi connectivity index (χ0) is 22.9. The van der Waals surface area contributed by atoms with Gasteiger partial charge >= 0.3 is 5.97 Å². The quantitative estimate of drug-likeness (QED) is 0.402. The van der Waals surface area contributed by atoms with Crippen LogP contribution in [0.15, 0.2) is 64.2 Å². The number of carbonyl (C=O) groups excluding carboxylic acids is 2. The number of amidine groups is 3. The number of aliphatic imine (C=N–C) groups is 1. The molecule has 1 N–H and O–H groups in total. The van der Waals surface area contributed by atoms with Crippen LogP contribution in [0.5, 0.6) is 5.75 Å². The molecule has 1 saturated heterocycles. The third-order valence-electron chi connectivity index (χ3n) is 5.32. The second-order valence-electron chi connectivity index (χ2n) is 7.54. The van der Waals surface area contributed by atoms with Crippen LogP contribution >= 0.6 is 23.4 Å². The van der Waals surface area contributed by atoms with Crippen LogP contribution in [0, 0.1) is 5.41 Å². The molecule has 10 heteroatoms.